The van der Waals surface area contributed by atoms with Gasteiger partial charge in [-0.15, -0.1) is 0 Å². The molecule has 0 saturated carbocycles. The Kier molecular flexibility index (Phi) is 5.83. The Hall–Kier alpha value is -0.860. The predicted octanol–water partition coefficient (Wildman–Crippen LogP) is -1.04. The van der Waals surface area contributed by atoms with Crippen LogP contribution in [-0.4, -0.2) is 63.6 Å². The van der Waals surface area contributed by atoms with Crippen LogP contribution in [0.1, 0.15) is 13.3 Å². The lowest BCUT2D eigenvalue weighted by Crippen LogP contribution is -2.55. The molecule has 1 fully saturated rings. The number of nitrogens with zero attached hydrogens (tertiary/aromatic N) is 2. The van der Waals surface area contributed by atoms with Crippen LogP contribution in [0.2, 0.25) is 0 Å². The Bertz CT molecular complexity index is 383. The summed E-state index contributed by atoms with van der Waals surface area (Å²) in [6, 6.07) is -0.110. The van der Waals surface area contributed by atoms with Crippen molar-refractivity contribution in [1.29, 1.82) is 0 Å². The van der Waals surface area contributed by atoms with Gasteiger partial charge in [0, 0.05) is 32.8 Å². The molecule has 106 valence electrons. The first-order valence-corrected chi connectivity index (χ1v) is 7.79. The molecule has 1 heterocycles. The Balaban J connectivity index is 2.60. The van der Waals surface area contributed by atoms with E-state index in [1.165, 1.54) is 0 Å². The molecule has 1 unspecified atom stereocenters. The van der Waals surface area contributed by atoms with Crippen LogP contribution in [0.3, 0.4) is 0 Å². The van der Waals surface area contributed by atoms with Gasteiger partial charge in [0.05, 0.1) is 11.5 Å². The summed E-state index contributed by atoms with van der Waals surface area (Å²) >= 11 is 0. The minimum absolute atomic E-state index is 0.110. The van der Waals surface area contributed by atoms with Crippen LogP contribution in [0.25, 0.3) is 0 Å². The Morgan fingerprint density at radius 3 is 2.89 bits per heavy atom. The lowest BCUT2D eigenvalue weighted by Gasteiger charge is -2.35. The van der Waals surface area contributed by atoms with Crippen molar-refractivity contribution >= 4 is 15.8 Å². The number of sulfone groups is 1. The molecule has 7 nitrogen and oxygen atoms in total. The predicted molar refractivity (Wildman–Crippen MR) is 70.9 cm³/mol. The SMILES string of the molecule is COCCCN=C(NN)N1CCS(=O)(=O)CC1C. The van der Waals surface area contributed by atoms with Crippen LogP contribution in [0, 0.1) is 0 Å². The van der Waals surface area contributed by atoms with Gasteiger partial charge in [-0.3, -0.25) is 10.4 Å². The highest BCUT2D eigenvalue weighted by Gasteiger charge is 2.29. The zero-order valence-corrected chi connectivity index (χ0v) is 11.7. The molecule has 1 saturated heterocycles. The molecule has 1 atom stereocenters. The number of nitrogens with two attached hydrogens (primary N) is 1. The molecule has 0 spiro atoms. The molecule has 1 aliphatic heterocycles. The van der Waals surface area contributed by atoms with Crippen LogP contribution in [0.5, 0.6) is 0 Å². The summed E-state index contributed by atoms with van der Waals surface area (Å²) in [7, 11) is -1.28. The number of guanidine groups is 1. The molecule has 1 rings (SSSR count). The molecule has 0 radical (unpaired) electrons. The molecule has 8 heteroatoms. The quantitative estimate of drug-likeness (QED) is 0.224. The normalized spacial score (nSPS) is 24.1. The summed E-state index contributed by atoms with van der Waals surface area (Å²) in [5, 5.41) is 0. The molecule has 18 heavy (non-hydrogen) atoms. The van der Waals surface area contributed by atoms with Gasteiger partial charge >= 0.3 is 0 Å². The van der Waals surface area contributed by atoms with Crippen molar-refractivity contribution in [3.63, 3.8) is 0 Å². The van der Waals surface area contributed by atoms with Crippen molar-refractivity contribution in [2.24, 2.45) is 10.8 Å². The largest absolute Gasteiger partial charge is 0.385 e. The van der Waals surface area contributed by atoms with E-state index in [0.717, 1.165) is 6.42 Å². The van der Waals surface area contributed by atoms with Crippen molar-refractivity contribution in [3.8, 4) is 0 Å². The third kappa shape index (κ3) is 4.43. The first-order valence-electron chi connectivity index (χ1n) is 5.97. The first-order chi connectivity index (χ1) is 8.50. The van der Waals surface area contributed by atoms with Gasteiger partial charge in [-0.1, -0.05) is 0 Å². The van der Waals surface area contributed by atoms with Gasteiger partial charge in [-0.25, -0.2) is 14.3 Å². The number of ether oxygens (including phenoxy) is 1. The number of methoxy groups -OCH3 is 1. The van der Waals surface area contributed by atoms with E-state index >= 15 is 0 Å². The smallest absolute Gasteiger partial charge is 0.208 e. The fourth-order valence-electron chi connectivity index (χ4n) is 1.93. The number of aliphatic imine (C=N–C) groups is 1. The average Bonchev–Trinajstić information content (AvgIpc) is 2.30. The molecule has 0 bridgehead atoms. The number of nitrogens with one attached hydrogen (secondary N) is 1. The molecule has 0 aromatic rings. The van der Waals surface area contributed by atoms with E-state index in [0.29, 0.717) is 25.7 Å². The fourth-order valence-corrected chi connectivity index (χ4v) is 3.48. The van der Waals surface area contributed by atoms with Crippen molar-refractivity contribution in [2.45, 2.75) is 19.4 Å². The summed E-state index contributed by atoms with van der Waals surface area (Å²) in [6.45, 7) is 3.53. The van der Waals surface area contributed by atoms with E-state index in [-0.39, 0.29) is 17.5 Å². The van der Waals surface area contributed by atoms with E-state index in [1.54, 1.807) is 7.11 Å². The van der Waals surface area contributed by atoms with E-state index < -0.39 is 9.84 Å². The van der Waals surface area contributed by atoms with E-state index in [2.05, 4.69) is 10.4 Å². The zero-order chi connectivity index (χ0) is 13.6. The summed E-state index contributed by atoms with van der Waals surface area (Å²) in [4.78, 5) is 6.23. The number of hydrogen-bond donors (Lipinski definition) is 2. The van der Waals surface area contributed by atoms with E-state index in [9.17, 15) is 8.42 Å². The van der Waals surface area contributed by atoms with Crippen molar-refractivity contribution < 1.29 is 13.2 Å². The third-order valence-electron chi connectivity index (χ3n) is 2.84. The van der Waals surface area contributed by atoms with Crippen LogP contribution in [0.4, 0.5) is 0 Å². The minimum atomic E-state index is -2.92. The highest BCUT2D eigenvalue weighted by atomic mass is 32.2. The second-order valence-electron chi connectivity index (χ2n) is 4.35. The standard InChI is InChI=1S/C10H22N4O3S/c1-9-8-18(15,16)7-5-14(9)10(13-11)12-4-3-6-17-2/h9H,3-8,11H2,1-2H3,(H,12,13). The zero-order valence-electron chi connectivity index (χ0n) is 10.9. The maximum absolute atomic E-state index is 11.5. The van der Waals surface area contributed by atoms with Gasteiger partial charge in [0.25, 0.3) is 0 Å². The van der Waals surface area contributed by atoms with E-state index in [4.69, 9.17) is 10.6 Å². The lowest BCUT2D eigenvalue weighted by atomic mass is 10.3. The van der Waals surface area contributed by atoms with Crippen molar-refractivity contribution in [3.05, 3.63) is 0 Å². The molecule has 0 aromatic heterocycles. The molecule has 3 N–H and O–H groups in total. The van der Waals surface area contributed by atoms with Crippen LogP contribution < -0.4 is 11.3 Å². The molecule has 0 amide bonds. The van der Waals surface area contributed by atoms with Gasteiger partial charge in [0.1, 0.15) is 0 Å². The summed E-state index contributed by atoms with van der Waals surface area (Å²) in [6.07, 6.45) is 0.808. The first kappa shape index (κ1) is 15.2. The Morgan fingerprint density at radius 2 is 2.33 bits per heavy atom. The van der Waals surface area contributed by atoms with Gasteiger partial charge < -0.3 is 9.64 Å². The molecule has 0 aliphatic carbocycles. The Morgan fingerprint density at radius 1 is 1.61 bits per heavy atom. The third-order valence-corrected chi connectivity index (χ3v) is 4.63. The monoisotopic (exact) mass is 278 g/mol. The maximum atomic E-state index is 11.5. The molecule has 1 aliphatic rings. The molecule has 0 aromatic carbocycles. The summed E-state index contributed by atoms with van der Waals surface area (Å²) in [5.41, 5.74) is 2.55. The minimum Gasteiger partial charge on any atom is -0.385 e. The molecular weight excluding hydrogens is 256 g/mol. The van der Waals surface area contributed by atoms with Gasteiger partial charge in [0.15, 0.2) is 9.84 Å². The molecular formula is C10H22N4O3S. The van der Waals surface area contributed by atoms with Crippen LogP contribution in [-0.2, 0) is 14.6 Å². The summed E-state index contributed by atoms with van der Waals surface area (Å²) in [5.74, 6) is 6.29. The number of hydrazine groups is 1. The second-order valence-corrected chi connectivity index (χ2v) is 6.58. The van der Waals surface area contributed by atoms with E-state index in [1.807, 2.05) is 11.8 Å². The van der Waals surface area contributed by atoms with Crippen molar-refractivity contribution in [1.82, 2.24) is 10.3 Å². The summed E-state index contributed by atoms with van der Waals surface area (Å²) < 4.78 is 27.9. The Labute approximate surface area is 108 Å². The highest BCUT2D eigenvalue weighted by molar-refractivity contribution is 7.91. The topological polar surface area (TPSA) is 97.0 Å². The van der Waals surface area contributed by atoms with Gasteiger partial charge in [-0.05, 0) is 13.3 Å². The number of rotatable bonds is 4. The van der Waals surface area contributed by atoms with Gasteiger partial charge in [-0.2, -0.15) is 0 Å². The second kappa shape index (κ2) is 6.91. The average molecular weight is 278 g/mol. The van der Waals surface area contributed by atoms with Crippen LogP contribution in [0.15, 0.2) is 4.99 Å². The highest BCUT2D eigenvalue weighted by Crippen LogP contribution is 2.11. The van der Waals surface area contributed by atoms with Crippen LogP contribution >= 0.6 is 0 Å². The van der Waals surface area contributed by atoms with Gasteiger partial charge in [0.2, 0.25) is 5.96 Å². The van der Waals surface area contributed by atoms with Crippen molar-refractivity contribution in [2.75, 3.05) is 38.3 Å². The maximum Gasteiger partial charge on any atom is 0.208 e. The lowest BCUT2D eigenvalue weighted by molar-refractivity contribution is 0.196. The fraction of sp³-hybridized carbons (Fsp3) is 0.900. The number of hydrogen-bond acceptors (Lipinski definition) is 5.